The maximum absolute atomic E-state index is 11.2. The third-order valence-corrected chi connectivity index (χ3v) is 4.40. The van der Waals surface area contributed by atoms with Crippen LogP contribution < -0.4 is 4.74 Å². The molecular weight excluding hydrogens is 380 g/mol. The van der Waals surface area contributed by atoms with E-state index in [0.717, 1.165) is 5.56 Å². The molecule has 0 radical (unpaired) electrons. The molecule has 1 aromatic carbocycles. The van der Waals surface area contributed by atoms with E-state index in [9.17, 15) is 15.0 Å². The molecule has 0 aliphatic rings. The highest BCUT2D eigenvalue weighted by molar-refractivity contribution is 7.08. The number of carbonyl (C=O) groups is 1. The molecule has 0 fully saturated rings. The van der Waals surface area contributed by atoms with Gasteiger partial charge in [-0.3, -0.25) is 4.79 Å². The number of thiophene rings is 1. The lowest BCUT2D eigenvalue weighted by atomic mass is 10.1. The molecule has 0 amide bonds. The highest BCUT2D eigenvalue weighted by Crippen LogP contribution is 2.36. The summed E-state index contributed by atoms with van der Waals surface area (Å²) in [7, 11) is 1.39. The van der Waals surface area contributed by atoms with Gasteiger partial charge in [0.25, 0.3) is 5.89 Å². The monoisotopic (exact) mass is 392 g/mol. The van der Waals surface area contributed by atoms with Crippen LogP contribution in [0, 0.1) is 0 Å². The van der Waals surface area contributed by atoms with E-state index >= 15 is 0 Å². The Morgan fingerprint density at radius 2 is 2.27 bits per heavy atom. The normalized spacial score (nSPS) is 11.5. The smallest absolute Gasteiger partial charge is 0.308 e. The summed E-state index contributed by atoms with van der Waals surface area (Å²) in [4.78, 5) is 15.5. The number of aromatic hydroxyl groups is 1. The van der Waals surface area contributed by atoms with Gasteiger partial charge in [0.05, 0.1) is 18.6 Å². The van der Waals surface area contributed by atoms with E-state index in [1.165, 1.54) is 30.6 Å². The maximum Gasteiger partial charge on any atom is 0.308 e. The van der Waals surface area contributed by atoms with Crippen molar-refractivity contribution in [2.45, 2.75) is 6.42 Å². The van der Waals surface area contributed by atoms with Gasteiger partial charge >= 0.3 is 5.97 Å². The van der Waals surface area contributed by atoms with Gasteiger partial charge in [-0.05, 0) is 35.2 Å². The van der Waals surface area contributed by atoms with Crippen molar-refractivity contribution in [2.75, 3.05) is 7.11 Å². The second-order valence-electron chi connectivity index (χ2n) is 5.23. The fraction of sp³-hybridized carbons (Fsp3) is 0.118. The van der Waals surface area contributed by atoms with E-state index in [2.05, 4.69) is 10.1 Å². The summed E-state index contributed by atoms with van der Waals surface area (Å²) >= 11 is 7.47. The van der Waals surface area contributed by atoms with E-state index in [0.29, 0.717) is 17.0 Å². The number of rotatable bonds is 6. The van der Waals surface area contributed by atoms with Gasteiger partial charge in [-0.15, -0.1) is 0 Å². The molecule has 134 valence electrons. The lowest BCUT2D eigenvalue weighted by Crippen LogP contribution is -1.98. The van der Waals surface area contributed by atoms with Gasteiger partial charge in [-0.25, -0.2) is 0 Å². The molecule has 0 saturated heterocycles. The van der Waals surface area contributed by atoms with Crippen LogP contribution in [0.25, 0.3) is 23.0 Å². The third kappa shape index (κ3) is 3.87. The number of halogens is 1. The molecule has 0 spiro atoms. The van der Waals surface area contributed by atoms with Gasteiger partial charge in [-0.2, -0.15) is 16.3 Å². The highest BCUT2D eigenvalue weighted by Gasteiger charge is 2.17. The number of ether oxygens (including phenoxy) is 1. The summed E-state index contributed by atoms with van der Waals surface area (Å²) in [5, 5.41) is 26.7. The lowest BCUT2D eigenvalue weighted by molar-refractivity contribution is -0.135. The number of hydrogen-bond acceptors (Lipinski definition) is 7. The summed E-state index contributed by atoms with van der Waals surface area (Å²) in [5.74, 6) is -0.606. The summed E-state index contributed by atoms with van der Waals surface area (Å²) in [6.45, 7) is 0. The Bertz CT molecular complexity index is 966. The first-order valence-corrected chi connectivity index (χ1v) is 8.65. The van der Waals surface area contributed by atoms with Gasteiger partial charge < -0.3 is 19.5 Å². The largest absolute Gasteiger partial charge is 0.503 e. The molecule has 2 aromatic heterocycles. The number of aliphatic carboxylic acids is 1. The number of methoxy groups -OCH3 is 1. The van der Waals surface area contributed by atoms with Gasteiger partial charge in [-0.1, -0.05) is 16.8 Å². The second-order valence-corrected chi connectivity index (χ2v) is 6.42. The number of phenolic OH excluding ortho intramolecular Hbond substituents is 1. The summed E-state index contributed by atoms with van der Waals surface area (Å²) in [6.07, 6.45) is 1.22. The zero-order chi connectivity index (χ0) is 18.7. The molecule has 9 heteroatoms. The van der Waals surface area contributed by atoms with E-state index in [-0.39, 0.29) is 28.8 Å². The van der Waals surface area contributed by atoms with Gasteiger partial charge in [0.15, 0.2) is 11.5 Å². The molecule has 7 nitrogen and oxygen atoms in total. The van der Waals surface area contributed by atoms with E-state index < -0.39 is 5.97 Å². The van der Waals surface area contributed by atoms with Crippen LogP contribution in [-0.4, -0.2) is 33.4 Å². The highest BCUT2D eigenvalue weighted by atomic mass is 35.5. The molecule has 2 N–H and O–H groups in total. The Hall–Kier alpha value is -2.84. The summed E-state index contributed by atoms with van der Waals surface area (Å²) in [5.41, 5.74) is 1.61. The first-order valence-electron chi connectivity index (χ1n) is 7.33. The van der Waals surface area contributed by atoms with Crippen molar-refractivity contribution in [3.63, 3.8) is 0 Å². The Labute approximate surface area is 157 Å². The summed E-state index contributed by atoms with van der Waals surface area (Å²) < 4.78 is 10.3. The molecule has 0 aliphatic heterocycles. The van der Waals surface area contributed by atoms with Crippen LogP contribution in [0.5, 0.6) is 11.5 Å². The zero-order valence-corrected chi connectivity index (χ0v) is 15.0. The minimum absolute atomic E-state index is 0.0785. The van der Waals surface area contributed by atoms with Gasteiger partial charge in [0.2, 0.25) is 5.82 Å². The molecule has 3 aromatic rings. The zero-order valence-electron chi connectivity index (χ0n) is 13.5. The molecular formula is C17H13ClN2O5S. The topological polar surface area (TPSA) is 106 Å². The minimum atomic E-state index is -1.05. The van der Waals surface area contributed by atoms with Crippen LogP contribution in [0.1, 0.15) is 17.9 Å². The van der Waals surface area contributed by atoms with E-state index in [4.69, 9.17) is 20.9 Å². The van der Waals surface area contributed by atoms with Crippen molar-refractivity contribution in [1.82, 2.24) is 10.1 Å². The van der Waals surface area contributed by atoms with Crippen molar-refractivity contribution in [1.29, 1.82) is 0 Å². The average Bonchev–Trinajstić information content (AvgIpc) is 3.27. The SMILES string of the molecule is COc1cc(/C=C(\CC(=O)O)c2nc(-c3ccsc3)no2)cc(Cl)c1O. The quantitative estimate of drug-likeness (QED) is 0.648. The third-order valence-electron chi connectivity index (χ3n) is 3.43. The molecule has 0 unspecified atom stereocenters. The second kappa shape index (κ2) is 7.59. The number of carboxylic acids is 1. The minimum Gasteiger partial charge on any atom is -0.503 e. The van der Waals surface area contributed by atoms with Crippen LogP contribution in [0.15, 0.2) is 33.5 Å². The van der Waals surface area contributed by atoms with E-state index in [1.807, 2.05) is 16.8 Å². The molecule has 26 heavy (non-hydrogen) atoms. The number of phenols is 1. The van der Waals surface area contributed by atoms with Crippen LogP contribution in [0.3, 0.4) is 0 Å². The summed E-state index contributed by atoms with van der Waals surface area (Å²) in [6, 6.07) is 4.85. The Morgan fingerprint density at radius 3 is 2.92 bits per heavy atom. The van der Waals surface area contributed by atoms with Gasteiger partial charge in [0, 0.05) is 16.5 Å². The first kappa shape index (κ1) is 18.0. The number of hydrogen-bond donors (Lipinski definition) is 2. The maximum atomic E-state index is 11.2. The van der Waals surface area contributed by atoms with Crippen molar-refractivity contribution in [3.05, 3.63) is 45.4 Å². The lowest BCUT2D eigenvalue weighted by Gasteiger charge is -2.07. The van der Waals surface area contributed by atoms with Crippen LogP contribution in [0.4, 0.5) is 0 Å². The first-order chi connectivity index (χ1) is 12.5. The molecule has 2 heterocycles. The van der Waals surface area contributed by atoms with Gasteiger partial charge in [0.1, 0.15) is 0 Å². The molecule has 0 aliphatic carbocycles. The predicted octanol–water partition coefficient (Wildman–Crippen LogP) is 4.18. The van der Waals surface area contributed by atoms with Crippen molar-refractivity contribution in [3.8, 4) is 22.9 Å². The fourth-order valence-electron chi connectivity index (χ4n) is 2.25. The Kier molecular flexibility index (Phi) is 5.24. The Balaban J connectivity index is 2.02. The number of benzene rings is 1. The average molecular weight is 393 g/mol. The fourth-order valence-corrected chi connectivity index (χ4v) is 3.10. The predicted molar refractivity (Wildman–Crippen MR) is 97.4 cm³/mol. The number of aromatic nitrogens is 2. The van der Waals surface area contributed by atoms with Crippen molar-refractivity contribution >= 4 is 40.6 Å². The van der Waals surface area contributed by atoms with Crippen molar-refractivity contribution in [2.24, 2.45) is 0 Å². The molecule has 0 bridgehead atoms. The van der Waals surface area contributed by atoms with Crippen LogP contribution in [0.2, 0.25) is 5.02 Å². The number of nitrogens with zero attached hydrogens (tertiary/aromatic N) is 2. The van der Waals surface area contributed by atoms with Crippen LogP contribution in [-0.2, 0) is 4.79 Å². The molecule has 3 rings (SSSR count). The standard InChI is InChI=1S/C17H13ClN2O5S/c1-24-13-6-9(5-12(18)15(13)23)4-11(7-14(21)22)17-19-16(20-25-17)10-2-3-26-8-10/h2-6,8,23H,7H2,1H3,(H,21,22)/b11-4+. The van der Waals surface area contributed by atoms with Crippen molar-refractivity contribution < 1.29 is 24.3 Å². The number of carboxylic acid groups (broad SMARTS) is 1. The molecule has 0 atom stereocenters. The molecule has 0 saturated carbocycles. The Morgan fingerprint density at radius 1 is 1.46 bits per heavy atom. The van der Waals surface area contributed by atoms with E-state index in [1.54, 1.807) is 6.08 Å². The van der Waals surface area contributed by atoms with Crippen LogP contribution >= 0.6 is 22.9 Å².